The molecule has 0 unspecified atom stereocenters. The Kier molecular flexibility index (Phi) is 6.57. The van der Waals surface area contributed by atoms with Gasteiger partial charge in [-0.3, -0.25) is 10.1 Å². The van der Waals surface area contributed by atoms with Crippen molar-refractivity contribution in [2.75, 3.05) is 10.2 Å². The van der Waals surface area contributed by atoms with Gasteiger partial charge in [0.25, 0.3) is 0 Å². The smallest absolute Gasteiger partial charge is 0.342 e. The fraction of sp³-hybridized carbons (Fsp3) is 0.0833. The van der Waals surface area contributed by atoms with Crippen LogP contribution in [0.4, 0.5) is 23.0 Å². The normalized spacial score (nSPS) is 10.5. The number of rotatable bonds is 8. The topological polar surface area (TPSA) is 84.2 Å². The lowest BCUT2D eigenvalue weighted by Crippen LogP contribution is -2.24. The van der Waals surface area contributed by atoms with E-state index in [9.17, 15) is 10.1 Å². The Balaban J connectivity index is 1.75. The highest BCUT2D eigenvalue weighted by atomic mass is 35.5. The number of anilines is 3. The summed E-state index contributed by atoms with van der Waals surface area (Å²) >= 11 is 5.95. The first-order chi connectivity index (χ1) is 15.6. The van der Waals surface area contributed by atoms with Crippen LogP contribution in [-0.4, -0.2) is 14.9 Å². The number of aromatic nitrogens is 2. The van der Waals surface area contributed by atoms with Crippen LogP contribution in [0.3, 0.4) is 0 Å². The van der Waals surface area contributed by atoms with E-state index in [1.807, 2.05) is 65.6 Å². The first-order valence-electron chi connectivity index (χ1n) is 9.95. The molecule has 0 saturated carbocycles. The zero-order chi connectivity index (χ0) is 22.3. The van der Waals surface area contributed by atoms with E-state index in [1.54, 1.807) is 24.3 Å². The molecule has 0 bridgehead atoms. The maximum Gasteiger partial charge on any atom is 0.353 e. The van der Waals surface area contributed by atoms with Crippen molar-refractivity contribution in [3.05, 3.63) is 118 Å². The first kappa shape index (κ1) is 21.3. The van der Waals surface area contributed by atoms with Gasteiger partial charge < -0.3 is 10.2 Å². The predicted molar refractivity (Wildman–Crippen MR) is 126 cm³/mol. The van der Waals surface area contributed by atoms with Crippen molar-refractivity contribution in [3.63, 3.8) is 0 Å². The third-order valence-corrected chi connectivity index (χ3v) is 5.08. The number of nitrogens with one attached hydrogen (secondary N) is 1. The van der Waals surface area contributed by atoms with Crippen molar-refractivity contribution in [2.24, 2.45) is 0 Å². The summed E-state index contributed by atoms with van der Waals surface area (Å²) in [6.07, 6.45) is 1.34. The molecule has 160 valence electrons. The summed E-state index contributed by atoms with van der Waals surface area (Å²) in [5.41, 5.74) is 2.49. The Labute approximate surface area is 190 Å². The quantitative estimate of drug-likeness (QED) is 0.265. The summed E-state index contributed by atoms with van der Waals surface area (Å²) in [6.45, 7) is 0.905. The largest absolute Gasteiger partial charge is 0.353 e. The molecule has 0 aliphatic rings. The van der Waals surface area contributed by atoms with E-state index < -0.39 is 4.92 Å². The van der Waals surface area contributed by atoms with Gasteiger partial charge in [0.05, 0.1) is 4.92 Å². The second-order valence-corrected chi connectivity index (χ2v) is 7.55. The van der Waals surface area contributed by atoms with Crippen LogP contribution >= 0.6 is 11.6 Å². The number of halogens is 1. The lowest BCUT2D eigenvalue weighted by atomic mass is 10.1. The van der Waals surface area contributed by atoms with Gasteiger partial charge in [-0.1, -0.05) is 72.3 Å². The van der Waals surface area contributed by atoms with Gasteiger partial charge in [-0.25, -0.2) is 9.97 Å². The summed E-state index contributed by atoms with van der Waals surface area (Å²) in [5, 5.41) is 15.7. The highest BCUT2D eigenvalue weighted by molar-refractivity contribution is 6.30. The average Bonchev–Trinajstić information content (AvgIpc) is 2.81. The van der Waals surface area contributed by atoms with E-state index in [-0.39, 0.29) is 17.3 Å². The molecule has 3 aromatic carbocycles. The molecule has 0 amide bonds. The van der Waals surface area contributed by atoms with Gasteiger partial charge >= 0.3 is 5.69 Å². The zero-order valence-electron chi connectivity index (χ0n) is 17.1. The van der Waals surface area contributed by atoms with Gasteiger partial charge in [-0.05, 0) is 35.4 Å². The summed E-state index contributed by atoms with van der Waals surface area (Å²) in [7, 11) is 0. The molecule has 0 saturated heterocycles. The molecule has 0 aliphatic heterocycles. The van der Waals surface area contributed by atoms with Crippen LogP contribution in [0.15, 0.2) is 91.3 Å². The van der Waals surface area contributed by atoms with Crippen LogP contribution < -0.4 is 10.2 Å². The fourth-order valence-corrected chi connectivity index (χ4v) is 3.47. The third kappa shape index (κ3) is 5.19. The molecule has 0 fully saturated rings. The van der Waals surface area contributed by atoms with Crippen LogP contribution in [0.2, 0.25) is 5.02 Å². The van der Waals surface area contributed by atoms with E-state index in [4.69, 9.17) is 11.6 Å². The molecule has 8 heteroatoms. The Bertz CT molecular complexity index is 1150. The molecule has 0 spiro atoms. The Morgan fingerprint density at radius 1 is 0.844 bits per heavy atom. The molecule has 1 heterocycles. The Morgan fingerprint density at radius 2 is 1.41 bits per heavy atom. The molecule has 4 aromatic rings. The average molecular weight is 446 g/mol. The van der Waals surface area contributed by atoms with Crippen molar-refractivity contribution in [1.82, 2.24) is 9.97 Å². The maximum atomic E-state index is 12.1. The zero-order valence-corrected chi connectivity index (χ0v) is 17.8. The minimum absolute atomic E-state index is 0.119. The molecule has 4 rings (SSSR count). The molecular weight excluding hydrogens is 426 g/mol. The molecule has 7 nitrogen and oxygen atoms in total. The highest BCUT2D eigenvalue weighted by Crippen LogP contribution is 2.35. The molecule has 1 aromatic heterocycles. The summed E-state index contributed by atoms with van der Waals surface area (Å²) < 4.78 is 0. The SMILES string of the molecule is O=[N+]([O-])c1c(Nc2ccc(Cl)cc2)ncnc1N(Cc1ccccc1)Cc1ccccc1. The lowest BCUT2D eigenvalue weighted by molar-refractivity contribution is -0.383. The van der Waals surface area contributed by atoms with Gasteiger partial charge in [-0.2, -0.15) is 0 Å². The van der Waals surface area contributed by atoms with Crippen LogP contribution in [-0.2, 0) is 13.1 Å². The number of hydrogen-bond donors (Lipinski definition) is 1. The van der Waals surface area contributed by atoms with Crippen molar-refractivity contribution in [3.8, 4) is 0 Å². The molecule has 0 aliphatic carbocycles. The first-order valence-corrected chi connectivity index (χ1v) is 10.3. The molecule has 32 heavy (non-hydrogen) atoms. The van der Waals surface area contributed by atoms with E-state index >= 15 is 0 Å². The predicted octanol–water partition coefficient (Wildman–Crippen LogP) is 5.99. The van der Waals surface area contributed by atoms with E-state index in [1.165, 1.54) is 6.33 Å². The van der Waals surface area contributed by atoms with Crippen molar-refractivity contribution in [1.29, 1.82) is 0 Å². The third-order valence-electron chi connectivity index (χ3n) is 4.82. The van der Waals surface area contributed by atoms with Gasteiger partial charge in [0.15, 0.2) is 0 Å². The van der Waals surface area contributed by atoms with Gasteiger partial charge in [0, 0.05) is 23.8 Å². The second-order valence-electron chi connectivity index (χ2n) is 7.11. The maximum absolute atomic E-state index is 12.1. The lowest BCUT2D eigenvalue weighted by Gasteiger charge is -2.24. The summed E-state index contributed by atoms with van der Waals surface area (Å²) in [4.78, 5) is 22.0. The summed E-state index contributed by atoms with van der Waals surface area (Å²) in [6, 6.07) is 26.5. The molecule has 0 radical (unpaired) electrons. The fourth-order valence-electron chi connectivity index (χ4n) is 3.34. The number of benzene rings is 3. The Morgan fingerprint density at radius 3 is 1.94 bits per heavy atom. The molecule has 0 atom stereocenters. The van der Waals surface area contributed by atoms with Crippen LogP contribution in [0, 0.1) is 10.1 Å². The molecule has 1 N–H and O–H groups in total. The number of nitrogens with zero attached hydrogens (tertiary/aromatic N) is 4. The van der Waals surface area contributed by atoms with Crippen LogP contribution in [0.25, 0.3) is 0 Å². The number of hydrogen-bond acceptors (Lipinski definition) is 6. The van der Waals surface area contributed by atoms with E-state index in [0.717, 1.165) is 11.1 Å². The standard InChI is InChI=1S/C24H20ClN5O2/c25-20-11-13-21(14-12-20)28-23-22(30(31)32)24(27-17-26-23)29(15-18-7-3-1-4-8-18)16-19-9-5-2-6-10-19/h1-14,17H,15-16H2,(H,26,27,28). The van der Waals surface area contributed by atoms with E-state index in [2.05, 4.69) is 15.3 Å². The van der Waals surface area contributed by atoms with E-state index in [0.29, 0.717) is 23.8 Å². The van der Waals surface area contributed by atoms with Gasteiger partial charge in [0.2, 0.25) is 11.6 Å². The van der Waals surface area contributed by atoms with Crippen molar-refractivity contribution >= 4 is 34.6 Å². The van der Waals surface area contributed by atoms with Gasteiger partial charge in [0.1, 0.15) is 6.33 Å². The minimum Gasteiger partial charge on any atom is -0.342 e. The molecular formula is C24H20ClN5O2. The van der Waals surface area contributed by atoms with Crippen molar-refractivity contribution < 1.29 is 4.92 Å². The highest BCUT2D eigenvalue weighted by Gasteiger charge is 2.27. The minimum atomic E-state index is -0.448. The monoisotopic (exact) mass is 445 g/mol. The summed E-state index contributed by atoms with van der Waals surface area (Å²) in [5.74, 6) is 0.364. The van der Waals surface area contributed by atoms with Gasteiger partial charge in [-0.15, -0.1) is 0 Å². The Hall–Kier alpha value is -3.97. The number of nitro groups is 1. The van der Waals surface area contributed by atoms with Crippen molar-refractivity contribution in [2.45, 2.75) is 13.1 Å². The van der Waals surface area contributed by atoms with Crippen LogP contribution in [0.5, 0.6) is 0 Å². The second kappa shape index (κ2) is 9.89. The van der Waals surface area contributed by atoms with Crippen LogP contribution in [0.1, 0.15) is 11.1 Å².